The molecule has 0 bridgehead atoms. The molecule has 6 heteroatoms. The Kier molecular flexibility index (Phi) is 3.81. The first-order valence-corrected chi connectivity index (χ1v) is 7.12. The third-order valence-corrected chi connectivity index (χ3v) is 4.58. The lowest BCUT2D eigenvalue weighted by Gasteiger charge is -2.38. The van der Waals surface area contributed by atoms with Gasteiger partial charge in [-0.1, -0.05) is 18.3 Å². The molecule has 1 aliphatic carbocycles. The predicted octanol–water partition coefficient (Wildman–Crippen LogP) is 2.65. The van der Waals surface area contributed by atoms with Crippen molar-refractivity contribution in [1.29, 1.82) is 0 Å². The van der Waals surface area contributed by atoms with Crippen molar-refractivity contribution in [1.82, 2.24) is 10.2 Å². The van der Waals surface area contributed by atoms with Gasteiger partial charge in [-0.25, -0.2) is 0 Å². The second-order valence-corrected chi connectivity index (χ2v) is 6.86. The van der Waals surface area contributed by atoms with Crippen LogP contribution in [0.15, 0.2) is 3.92 Å². The van der Waals surface area contributed by atoms with E-state index in [0.717, 1.165) is 40.6 Å². The van der Waals surface area contributed by atoms with Crippen LogP contribution in [0, 0.1) is 5.92 Å². The summed E-state index contributed by atoms with van der Waals surface area (Å²) in [6, 6.07) is 0. The van der Waals surface area contributed by atoms with Crippen LogP contribution < -0.4 is 5.32 Å². The average Bonchev–Trinajstić information content (AvgIpc) is 2.68. The zero-order valence-electron chi connectivity index (χ0n) is 9.24. The van der Waals surface area contributed by atoms with Crippen LogP contribution >= 0.6 is 27.3 Å². The summed E-state index contributed by atoms with van der Waals surface area (Å²) in [5, 5.41) is 21.6. The molecular weight excluding hydrogens is 290 g/mol. The van der Waals surface area contributed by atoms with E-state index in [0.29, 0.717) is 0 Å². The topological polar surface area (TPSA) is 58.0 Å². The second-order valence-electron chi connectivity index (χ2n) is 4.61. The minimum absolute atomic E-state index is 0.164. The molecule has 1 aromatic rings. The van der Waals surface area contributed by atoms with Crippen molar-refractivity contribution in [3.05, 3.63) is 3.92 Å². The minimum atomic E-state index is -0.189. The van der Waals surface area contributed by atoms with Crippen molar-refractivity contribution in [2.24, 2.45) is 5.92 Å². The van der Waals surface area contributed by atoms with Crippen molar-refractivity contribution in [2.45, 2.75) is 38.1 Å². The maximum Gasteiger partial charge on any atom is 0.206 e. The number of rotatable bonds is 3. The van der Waals surface area contributed by atoms with Gasteiger partial charge in [0.25, 0.3) is 0 Å². The molecule has 90 valence electrons. The number of nitrogens with one attached hydrogen (secondary N) is 1. The summed E-state index contributed by atoms with van der Waals surface area (Å²) in [6.07, 6.45) is 4.32. The summed E-state index contributed by atoms with van der Waals surface area (Å²) in [6.45, 7) is 2.43. The fourth-order valence-electron chi connectivity index (χ4n) is 2.12. The van der Waals surface area contributed by atoms with Crippen LogP contribution in [0.25, 0.3) is 0 Å². The molecule has 2 rings (SSSR count). The van der Waals surface area contributed by atoms with Crippen LogP contribution in [0.2, 0.25) is 0 Å². The Bertz CT molecular complexity index is 350. The van der Waals surface area contributed by atoms with Crippen LogP contribution in [0.5, 0.6) is 0 Å². The van der Waals surface area contributed by atoms with Crippen molar-refractivity contribution in [3.8, 4) is 0 Å². The standard InChI is InChI=1S/C10H16BrN3OS/c1-7-2-4-10(6-15,5-3-7)12-9-14-13-8(11)16-9/h7,15H,2-6H2,1H3,(H,12,14). The van der Waals surface area contributed by atoms with Gasteiger partial charge in [-0.2, -0.15) is 0 Å². The molecule has 1 fully saturated rings. The summed E-state index contributed by atoms with van der Waals surface area (Å²) in [5.74, 6) is 0.766. The van der Waals surface area contributed by atoms with Crippen LogP contribution in [-0.2, 0) is 0 Å². The number of anilines is 1. The highest BCUT2D eigenvalue weighted by atomic mass is 79.9. The average molecular weight is 306 g/mol. The number of aromatic nitrogens is 2. The molecule has 0 saturated heterocycles. The molecule has 1 heterocycles. The van der Waals surface area contributed by atoms with Crippen molar-refractivity contribution >= 4 is 32.4 Å². The van der Waals surface area contributed by atoms with E-state index in [9.17, 15) is 5.11 Å². The molecule has 0 aromatic carbocycles. The molecule has 0 atom stereocenters. The second kappa shape index (κ2) is 4.98. The van der Waals surface area contributed by atoms with E-state index in [1.165, 1.54) is 11.3 Å². The SMILES string of the molecule is CC1CCC(CO)(Nc2nnc(Br)s2)CC1. The predicted molar refractivity (Wildman–Crippen MR) is 68.7 cm³/mol. The molecule has 4 nitrogen and oxygen atoms in total. The van der Waals surface area contributed by atoms with Crippen molar-refractivity contribution in [2.75, 3.05) is 11.9 Å². The number of aliphatic hydroxyl groups excluding tert-OH is 1. The Balaban J connectivity index is 2.04. The monoisotopic (exact) mass is 305 g/mol. The lowest BCUT2D eigenvalue weighted by Crippen LogP contribution is -2.45. The summed E-state index contributed by atoms with van der Waals surface area (Å²) in [4.78, 5) is 0. The number of hydrogen-bond acceptors (Lipinski definition) is 5. The van der Waals surface area contributed by atoms with Gasteiger partial charge in [0.05, 0.1) is 12.1 Å². The summed E-state index contributed by atoms with van der Waals surface area (Å²) in [5.41, 5.74) is -0.189. The molecule has 1 aromatic heterocycles. The zero-order valence-corrected chi connectivity index (χ0v) is 11.6. The first kappa shape index (κ1) is 12.3. The van der Waals surface area contributed by atoms with Gasteiger partial charge in [-0.15, -0.1) is 10.2 Å². The van der Waals surface area contributed by atoms with Crippen LogP contribution in [-0.4, -0.2) is 27.4 Å². The number of halogens is 1. The van der Waals surface area contributed by atoms with E-state index in [-0.39, 0.29) is 12.1 Å². The van der Waals surface area contributed by atoms with E-state index in [2.05, 4.69) is 38.4 Å². The van der Waals surface area contributed by atoms with E-state index >= 15 is 0 Å². The largest absolute Gasteiger partial charge is 0.394 e. The molecule has 16 heavy (non-hydrogen) atoms. The molecule has 0 unspecified atom stereocenters. The van der Waals surface area contributed by atoms with E-state index in [1.54, 1.807) is 0 Å². The van der Waals surface area contributed by atoms with Gasteiger partial charge in [0.15, 0.2) is 3.92 Å². The quantitative estimate of drug-likeness (QED) is 0.901. The smallest absolute Gasteiger partial charge is 0.206 e. The number of hydrogen-bond donors (Lipinski definition) is 2. The molecule has 0 radical (unpaired) electrons. The van der Waals surface area contributed by atoms with Crippen LogP contribution in [0.1, 0.15) is 32.6 Å². The van der Waals surface area contributed by atoms with Gasteiger partial charge in [-0.05, 0) is 47.5 Å². The highest BCUT2D eigenvalue weighted by Crippen LogP contribution is 2.35. The fraction of sp³-hybridized carbons (Fsp3) is 0.800. The molecule has 0 spiro atoms. The molecule has 2 N–H and O–H groups in total. The third-order valence-electron chi connectivity index (χ3n) is 3.31. The van der Waals surface area contributed by atoms with E-state index in [1.807, 2.05) is 0 Å². The minimum Gasteiger partial charge on any atom is -0.394 e. The third kappa shape index (κ3) is 2.73. The zero-order chi connectivity index (χ0) is 11.6. The van der Waals surface area contributed by atoms with Crippen molar-refractivity contribution < 1.29 is 5.11 Å². The Morgan fingerprint density at radius 2 is 2.19 bits per heavy atom. The molecule has 0 aliphatic heterocycles. The first-order chi connectivity index (χ1) is 7.63. The molecular formula is C10H16BrN3OS. The van der Waals surface area contributed by atoms with Gasteiger partial charge >= 0.3 is 0 Å². The van der Waals surface area contributed by atoms with E-state index in [4.69, 9.17) is 0 Å². The number of aliphatic hydroxyl groups is 1. The fourth-order valence-corrected chi connectivity index (χ4v) is 3.25. The summed E-state index contributed by atoms with van der Waals surface area (Å²) < 4.78 is 0.771. The Morgan fingerprint density at radius 1 is 1.50 bits per heavy atom. The molecule has 1 saturated carbocycles. The Morgan fingerprint density at radius 3 is 2.69 bits per heavy atom. The highest BCUT2D eigenvalue weighted by Gasteiger charge is 2.34. The number of nitrogens with zero attached hydrogens (tertiary/aromatic N) is 2. The lowest BCUT2D eigenvalue weighted by molar-refractivity contribution is 0.155. The lowest BCUT2D eigenvalue weighted by atomic mass is 9.78. The normalized spacial score (nSPS) is 30.3. The highest BCUT2D eigenvalue weighted by molar-refractivity contribution is 9.11. The first-order valence-electron chi connectivity index (χ1n) is 5.52. The van der Waals surface area contributed by atoms with Crippen molar-refractivity contribution in [3.63, 3.8) is 0 Å². The Labute approximate surface area is 108 Å². The van der Waals surface area contributed by atoms with E-state index < -0.39 is 0 Å². The Hall–Kier alpha value is -0.200. The van der Waals surface area contributed by atoms with Gasteiger partial charge < -0.3 is 10.4 Å². The summed E-state index contributed by atoms with van der Waals surface area (Å²) in [7, 11) is 0. The maximum atomic E-state index is 9.58. The van der Waals surface area contributed by atoms with Gasteiger partial charge in [-0.3, -0.25) is 0 Å². The van der Waals surface area contributed by atoms with Gasteiger partial charge in [0, 0.05) is 0 Å². The molecule has 0 amide bonds. The van der Waals surface area contributed by atoms with Crippen LogP contribution in [0.3, 0.4) is 0 Å². The van der Waals surface area contributed by atoms with Gasteiger partial charge in [0.1, 0.15) is 0 Å². The maximum absolute atomic E-state index is 9.58. The molecule has 1 aliphatic rings. The van der Waals surface area contributed by atoms with Crippen LogP contribution in [0.4, 0.5) is 5.13 Å². The summed E-state index contributed by atoms with van der Waals surface area (Å²) >= 11 is 4.76. The van der Waals surface area contributed by atoms with Gasteiger partial charge in [0.2, 0.25) is 5.13 Å².